The SMILES string of the molecule is COc1cc(OC)cc(C2=C(I)[C@H](c3ccccc3)NC(=O)O2)c1. The van der Waals surface area contributed by atoms with Crippen molar-refractivity contribution >= 4 is 34.4 Å². The van der Waals surface area contributed by atoms with Crippen LogP contribution >= 0.6 is 22.6 Å². The van der Waals surface area contributed by atoms with E-state index < -0.39 is 6.09 Å². The van der Waals surface area contributed by atoms with E-state index in [9.17, 15) is 4.79 Å². The summed E-state index contributed by atoms with van der Waals surface area (Å²) in [5.74, 6) is 1.77. The molecular weight excluding hydrogens is 421 g/mol. The lowest BCUT2D eigenvalue weighted by Gasteiger charge is -2.26. The van der Waals surface area contributed by atoms with Crippen LogP contribution in [0.4, 0.5) is 4.79 Å². The molecule has 1 atom stereocenters. The van der Waals surface area contributed by atoms with Crippen LogP contribution in [0, 0.1) is 0 Å². The normalized spacial score (nSPS) is 17.1. The third kappa shape index (κ3) is 3.33. The molecule has 1 aliphatic heterocycles. The van der Waals surface area contributed by atoms with Crippen LogP contribution in [0.3, 0.4) is 0 Å². The molecule has 1 N–H and O–H groups in total. The second-order valence-electron chi connectivity index (χ2n) is 5.16. The summed E-state index contributed by atoms with van der Waals surface area (Å²) in [5.41, 5.74) is 1.72. The Kier molecular flexibility index (Phi) is 4.94. The van der Waals surface area contributed by atoms with Gasteiger partial charge in [-0.1, -0.05) is 30.3 Å². The maximum Gasteiger partial charge on any atom is 0.413 e. The molecule has 0 radical (unpaired) electrons. The van der Waals surface area contributed by atoms with Gasteiger partial charge in [0.1, 0.15) is 11.5 Å². The molecule has 0 bridgehead atoms. The highest BCUT2D eigenvalue weighted by molar-refractivity contribution is 14.1. The monoisotopic (exact) mass is 437 g/mol. The Bertz CT molecular complexity index is 767. The fourth-order valence-electron chi connectivity index (χ4n) is 2.49. The lowest BCUT2D eigenvalue weighted by Crippen LogP contribution is -2.33. The summed E-state index contributed by atoms with van der Waals surface area (Å²) in [7, 11) is 3.16. The fourth-order valence-corrected chi connectivity index (χ4v) is 3.43. The third-order valence-corrected chi connectivity index (χ3v) is 4.79. The van der Waals surface area contributed by atoms with E-state index in [-0.39, 0.29) is 6.04 Å². The Morgan fingerprint density at radius 1 is 1.04 bits per heavy atom. The molecule has 0 saturated carbocycles. The van der Waals surface area contributed by atoms with Crippen molar-refractivity contribution in [3.05, 3.63) is 63.2 Å². The molecule has 3 rings (SSSR count). The minimum absolute atomic E-state index is 0.250. The first-order valence-electron chi connectivity index (χ1n) is 7.28. The standard InChI is InChI=1S/C18H16INO4/c1-22-13-8-12(9-14(10-13)23-2)17-15(19)16(20-18(21)24-17)11-6-4-3-5-7-11/h3-10,16H,1-2H3,(H,20,21)/t16-/m0/s1. The maximum atomic E-state index is 12.1. The average Bonchev–Trinajstić information content (AvgIpc) is 2.63. The van der Waals surface area contributed by atoms with Crippen LogP contribution in [0.2, 0.25) is 0 Å². The Balaban J connectivity index is 2.09. The van der Waals surface area contributed by atoms with Crippen molar-refractivity contribution in [1.82, 2.24) is 5.32 Å². The van der Waals surface area contributed by atoms with E-state index in [0.717, 1.165) is 14.7 Å². The summed E-state index contributed by atoms with van der Waals surface area (Å²) in [6.07, 6.45) is -0.485. The molecule has 0 aromatic heterocycles. The van der Waals surface area contributed by atoms with E-state index in [1.807, 2.05) is 42.5 Å². The lowest BCUT2D eigenvalue weighted by atomic mass is 10.0. The zero-order valence-corrected chi connectivity index (χ0v) is 15.4. The predicted octanol–water partition coefficient (Wildman–Crippen LogP) is 4.29. The van der Waals surface area contributed by atoms with Crippen LogP contribution in [-0.2, 0) is 4.74 Å². The molecule has 0 aliphatic carbocycles. The van der Waals surface area contributed by atoms with Gasteiger partial charge in [-0.25, -0.2) is 4.79 Å². The van der Waals surface area contributed by atoms with E-state index in [2.05, 4.69) is 27.9 Å². The number of cyclic esters (lactones) is 1. The summed E-state index contributed by atoms with van der Waals surface area (Å²) in [5, 5.41) is 2.85. The zero-order valence-electron chi connectivity index (χ0n) is 13.2. The topological polar surface area (TPSA) is 56.8 Å². The molecular formula is C18H16INO4. The Morgan fingerprint density at radius 2 is 1.67 bits per heavy atom. The van der Waals surface area contributed by atoms with Gasteiger partial charge in [0.25, 0.3) is 0 Å². The largest absolute Gasteiger partial charge is 0.497 e. The minimum atomic E-state index is -0.485. The van der Waals surface area contributed by atoms with Crippen LogP contribution in [0.25, 0.3) is 5.76 Å². The molecule has 0 saturated heterocycles. The quantitative estimate of drug-likeness (QED) is 0.726. The molecule has 0 unspecified atom stereocenters. The first-order valence-corrected chi connectivity index (χ1v) is 8.36. The lowest BCUT2D eigenvalue weighted by molar-refractivity contribution is 0.184. The van der Waals surface area contributed by atoms with Crippen molar-refractivity contribution in [3.8, 4) is 11.5 Å². The molecule has 1 aliphatic rings. The van der Waals surface area contributed by atoms with Gasteiger partial charge in [0.15, 0.2) is 5.76 Å². The fraction of sp³-hybridized carbons (Fsp3) is 0.167. The van der Waals surface area contributed by atoms with Crippen LogP contribution in [0.15, 0.2) is 52.1 Å². The van der Waals surface area contributed by atoms with Crippen molar-refractivity contribution in [3.63, 3.8) is 0 Å². The predicted molar refractivity (Wildman–Crippen MR) is 99.3 cm³/mol. The zero-order chi connectivity index (χ0) is 17.1. The first-order chi connectivity index (χ1) is 11.6. The molecule has 1 heterocycles. The molecule has 2 aromatic rings. The number of rotatable bonds is 4. The Morgan fingerprint density at radius 3 is 2.25 bits per heavy atom. The number of hydrogen-bond acceptors (Lipinski definition) is 4. The van der Waals surface area contributed by atoms with Gasteiger partial charge < -0.3 is 19.5 Å². The highest BCUT2D eigenvalue weighted by Crippen LogP contribution is 2.39. The maximum absolute atomic E-state index is 12.1. The van der Waals surface area contributed by atoms with Crippen molar-refractivity contribution < 1.29 is 19.0 Å². The van der Waals surface area contributed by atoms with E-state index in [0.29, 0.717) is 17.3 Å². The van der Waals surface area contributed by atoms with Gasteiger partial charge >= 0.3 is 6.09 Å². The van der Waals surface area contributed by atoms with Gasteiger partial charge in [0.2, 0.25) is 0 Å². The summed E-state index contributed by atoms with van der Waals surface area (Å²) >= 11 is 2.20. The molecule has 0 fully saturated rings. The van der Waals surface area contributed by atoms with Crippen LogP contribution in [0.1, 0.15) is 17.2 Å². The molecule has 24 heavy (non-hydrogen) atoms. The van der Waals surface area contributed by atoms with Gasteiger partial charge in [-0.2, -0.15) is 0 Å². The number of ether oxygens (including phenoxy) is 3. The van der Waals surface area contributed by atoms with Crippen LogP contribution in [-0.4, -0.2) is 20.3 Å². The van der Waals surface area contributed by atoms with Crippen molar-refractivity contribution in [2.45, 2.75) is 6.04 Å². The van der Waals surface area contributed by atoms with E-state index in [1.165, 1.54) is 0 Å². The summed E-state index contributed by atoms with van der Waals surface area (Å²) in [6, 6.07) is 14.9. The number of carbonyl (C=O) groups is 1. The van der Waals surface area contributed by atoms with E-state index >= 15 is 0 Å². The number of carbonyl (C=O) groups excluding carboxylic acids is 1. The third-order valence-electron chi connectivity index (χ3n) is 3.67. The number of halogens is 1. The van der Waals surface area contributed by atoms with Crippen LogP contribution in [0.5, 0.6) is 11.5 Å². The van der Waals surface area contributed by atoms with Gasteiger partial charge in [-0.05, 0) is 40.3 Å². The second-order valence-corrected chi connectivity index (χ2v) is 6.32. The Labute approximate surface area is 153 Å². The molecule has 124 valence electrons. The summed E-state index contributed by atoms with van der Waals surface area (Å²) in [4.78, 5) is 12.1. The molecule has 2 aromatic carbocycles. The van der Waals surface area contributed by atoms with Crippen LogP contribution < -0.4 is 14.8 Å². The van der Waals surface area contributed by atoms with E-state index in [1.54, 1.807) is 20.3 Å². The van der Waals surface area contributed by atoms with Crippen molar-refractivity contribution in [1.29, 1.82) is 0 Å². The minimum Gasteiger partial charge on any atom is -0.497 e. The number of methoxy groups -OCH3 is 2. The van der Waals surface area contributed by atoms with Crippen molar-refractivity contribution in [2.75, 3.05) is 14.2 Å². The first kappa shape index (κ1) is 16.6. The van der Waals surface area contributed by atoms with Gasteiger partial charge in [0, 0.05) is 11.6 Å². The molecule has 5 nitrogen and oxygen atoms in total. The number of hydrogen-bond donors (Lipinski definition) is 1. The van der Waals surface area contributed by atoms with Gasteiger partial charge in [-0.15, -0.1) is 0 Å². The highest BCUT2D eigenvalue weighted by atomic mass is 127. The Hall–Kier alpha value is -2.22. The molecule has 0 spiro atoms. The summed E-state index contributed by atoms with van der Waals surface area (Å²) < 4.78 is 16.9. The van der Waals surface area contributed by atoms with Crippen molar-refractivity contribution in [2.24, 2.45) is 0 Å². The molecule has 1 amide bonds. The smallest absolute Gasteiger partial charge is 0.413 e. The van der Waals surface area contributed by atoms with Gasteiger partial charge in [0.05, 0.1) is 23.8 Å². The highest BCUT2D eigenvalue weighted by Gasteiger charge is 2.29. The second kappa shape index (κ2) is 7.12. The number of alkyl carbamates (subject to hydrolysis) is 1. The number of amides is 1. The summed E-state index contributed by atoms with van der Waals surface area (Å²) in [6.45, 7) is 0. The average molecular weight is 437 g/mol. The van der Waals surface area contributed by atoms with Gasteiger partial charge in [-0.3, -0.25) is 0 Å². The number of benzene rings is 2. The molecule has 6 heteroatoms. The van der Waals surface area contributed by atoms with E-state index in [4.69, 9.17) is 14.2 Å². The number of nitrogens with one attached hydrogen (secondary N) is 1.